The predicted molar refractivity (Wildman–Crippen MR) is 121 cm³/mol. The average molecular weight is 592 g/mol. The Morgan fingerprint density at radius 2 is 2.15 bits per heavy atom. The Morgan fingerprint density at radius 1 is 1.50 bits per heavy atom. The SMILES string of the molecule is C=CCOc1c(I)cc(C=NNC(=O)c2sc(N)c(C#N)c2C)cc1I. The van der Waals surface area contributed by atoms with Crippen LogP contribution in [0.3, 0.4) is 0 Å². The molecule has 1 amide bonds. The number of hydrazone groups is 1. The van der Waals surface area contributed by atoms with E-state index >= 15 is 0 Å². The van der Waals surface area contributed by atoms with Crippen LogP contribution in [0.5, 0.6) is 5.75 Å². The maximum atomic E-state index is 12.2. The summed E-state index contributed by atoms with van der Waals surface area (Å²) in [6, 6.07) is 5.80. The number of rotatable bonds is 6. The molecule has 1 aromatic heterocycles. The summed E-state index contributed by atoms with van der Waals surface area (Å²) in [7, 11) is 0. The quantitative estimate of drug-likeness (QED) is 0.229. The molecule has 2 aromatic rings. The van der Waals surface area contributed by atoms with Gasteiger partial charge in [0.1, 0.15) is 28.3 Å². The van der Waals surface area contributed by atoms with Gasteiger partial charge >= 0.3 is 0 Å². The number of carbonyl (C=O) groups excluding carboxylic acids is 1. The van der Waals surface area contributed by atoms with Crippen molar-refractivity contribution in [2.45, 2.75) is 6.92 Å². The zero-order chi connectivity index (χ0) is 19.3. The van der Waals surface area contributed by atoms with Crippen LogP contribution in [0.2, 0.25) is 0 Å². The highest BCUT2D eigenvalue weighted by molar-refractivity contribution is 14.1. The average Bonchev–Trinajstić information content (AvgIpc) is 2.88. The van der Waals surface area contributed by atoms with Gasteiger partial charge in [0.25, 0.3) is 5.91 Å². The molecule has 2 rings (SSSR count). The lowest BCUT2D eigenvalue weighted by Gasteiger charge is -2.09. The molecule has 1 aromatic carbocycles. The molecule has 0 aliphatic rings. The summed E-state index contributed by atoms with van der Waals surface area (Å²) < 4.78 is 7.50. The number of nitrogens with zero attached hydrogens (tertiary/aromatic N) is 2. The molecule has 0 saturated carbocycles. The smallest absolute Gasteiger partial charge is 0.281 e. The van der Waals surface area contributed by atoms with Crippen LogP contribution < -0.4 is 15.9 Å². The number of hydrogen-bond donors (Lipinski definition) is 2. The van der Waals surface area contributed by atoms with Gasteiger partial charge in [0.2, 0.25) is 0 Å². The normalized spacial score (nSPS) is 10.5. The Kier molecular flexibility index (Phi) is 7.42. The molecule has 0 unspecified atom stereocenters. The maximum Gasteiger partial charge on any atom is 0.281 e. The van der Waals surface area contributed by atoms with Crippen molar-refractivity contribution in [3.8, 4) is 11.8 Å². The molecule has 0 bridgehead atoms. The van der Waals surface area contributed by atoms with Crippen molar-refractivity contribution < 1.29 is 9.53 Å². The van der Waals surface area contributed by atoms with Crippen molar-refractivity contribution in [3.05, 3.63) is 53.5 Å². The molecular formula is C17H14I2N4O2S. The standard InChI is InChI=1S/C17H14I2N4O2S/c1-3-4-25-14-12(18)5-10(6-13(14)19)8-22-23-17(24)15-9(2)11(7-20)16(21)26-15/h3,5-6,8H,1,4,21H2,2H3,(H,23,24). The third-order valence-corrected chi connectivity index (χ3v) is 5.96. The van der Waals surface area contributed by atoms with Gasteiger partial charge in [0.05, 0.1) is 18.9 Å². The number of carbonyl (C=O) groups is 1. The number of ether oxygens (including phenoxy) is 1. The highest BCUT2D eigenvalue weighted by Crippen LogP contribution is 2.30. The molecule has 0 aliphatic carbocycles. The summed E-state index contributed by atoms with van der Waals surface area (Å²) in [5.41, 5.74) is 9.94. The fourth-order valence-corrected chi connectivity index (χ4v) is 5.08. The number of benzene rings is 1. The summed E-state index contributed by atoms with van der Waals surface area (Å²) in [4.78, 5) is 12.6. The molecular weight excluding hydrogens is 578 g/mol. The molecule has 9 heteroatoms. The molecule has 3 N–H and O–H groups in total. The summed E-state index contributed by atoms with van der Waals surface area (Å²) >= 11 is 5.45. The van der Waals surface area contributed by atoms with E-state index < -0.39 is 5.91 Å². The van der Waals surface area contributed by atoms with Gasteiger partial charge in [-0.25, -0.2) is 5.43 Å². The summed E-state index contributed by atoms with van der Waals surface area (Å²) in [5.74, 6) is 0.397. The first kappa shape index (κ1) is 20.7. The van der Waals surface area contributed by atoms with Crippen LogP contribution in [0.4, 0.5) is 5.00 Å². The van der Waals surface area contributed by atoms with E-state index in [2.05, 4.69) is 62.3 Å². The van der Waals surface area contributed by atoms with Crippen molar-refractivity contribution in [2.75, 3.05) is 12.3 Å². The minimum atomic E-state index is -0.396. The van der Waals surface area contributed by atoms with Crippen molar-refractivity contribution >= 4 is 73.6 Å². The van der Waals surface area contributed by atoms with Crippen LogP contribution in [0.15, 0.2) is 29.9 Å². The first-order valence-corrected chi connectivity index (χ1v) is 10.2. The largest absolute Gasteiger partial charge is 0.487 e. The summed E-state index contributed by atoms with van der Waals surface area (Å²) in [6.07, 6.45) is 3.24. The van der Waals surface area contributed by atoms with Gasteiger partial charge in [-0.1, -0.05) is 12.7 Å². The van der Waals surface area contributed by atoms with Crippen molar-refractivity contribution in [1.82, 2.24) is 5.43 Å². The Morgan fingerprint density at radius 3 is 2.69 bits per heavy atom. The summed E-state index contributed by atoms with van der Waals surface area (Å²) in [6.45, 7) is 5.76. The molecule has 6 nitrogen and oxygen atoms in total. The Labute approximate surface area is 182 Å². The molecule has 0 spiro atoms. The van der Waals surface area contributed by atoms with Gasteiger partial charge in [-0.15, -0.1) is 11.3 Å². The zero-order valence-corrected chi connectivity index (χ0v) is 18.8. The number of halogens is 2. The van der Waals surface area contributed by atoms with Gasteiger partial charge < -0.3 is 10.5 Å². The van der Waals surface area contributed by atoms with E-state index in [4.69, 9.17) is 15.7 Å². The molecule has 0 fully saturated rings. The first-order valence-electron chi connectivity index (χ1n) is 7.24. The van der Waals surface area contributed by atoms with Gasteiger partial charge in [0, 0.05) is 0 Å². The summed E-state index contributed by atoms with van der Waals surface area (Å²) in [5, 5.41) is 13.4. The molecule has 0 radical (unpaired) electrons. The second-order valence-corrected chi connectivity index (χ2v) is 8.40. The Bertz CT molecular complexity index is 909. The van der Waals surface area contributed by atoms with Crippen molar-refractivity contribution in [1.29, 1.82) is 5.26 Å². The monoisotopic (exact) mass is 592 g/mol. The van der Waals surface area contributed by atoms with Crippen LogP contribution in [0, 0.1) is 25.4 Å². The highest BCUT2D eigenvalue weighted by Gasteiger charge is 2.18. The third kappa shape index (κ3) is 4.74. The Hall–Kier alpha value is -1.65. The van der Waals surface area contributed by atoms with Crippen molar-refractivity contribution in [3.63, 3.8) is 0 Å². The number of thiophene rings is 1. The molecule has 1 heterocycles. The maximum absolute atomic E-state index is 12.2. The van der Waals surface area contributed by atoms with E-state index in [9.17, 15) is 4.79 Å². The van der Waals surface area contributed by atoms with E-state index in [-0.39, 0.29) is 0 Å². The van der Waals surface area contributed by atoms with Gasteiger partial charge in [-0.3, -0.25) is 4.79 Å². The predicted octanol–water partition coefficient (Wildman–Crippen LogP) is 4.05. The number of nitrogens with one attached hydrogen (secondary N) is 1. The van der Waals surface area contributed by atoms with Gasteiger partial charge in [-0.2, -0.15) is 10.4 Å². The van der Waals surface area contributed by atoms with Crippen LogP contribution in [-0.4, -0.2) is 18.7 Å². The van der Waals surface area contributed by atoms with E-state index in [1.54, 1.807) is 19.2 Å². The van der Waals surface area contributed by atoms with Crippen LogP contribution in [0.25, 0.3) is 0 Å². The lowest BCUT2D eigenvalue weighted by atomic mass is 10.2. The number of amides is 1. The first-order chi connectivity index (χ1) is 12.4. The second-order valence-electron chi connectivity index (χ2n) is 5.02. The van der Waals surface area contributed by atoms with E-state index in [1.165, 1.54) is 0 Å². The zero-order valence-electron chi connectivity index (χ0n) is 13.7. The van der Waals surface area contributed by atoms with Crippen LogP contribution in [0.1, 0.15) is 26.4 Å². The van der Waals surface area contributed by atoms with Gasteiger partial charge in [0.15, 0.2) is 0 Å². The molecule has 134 valence electrons. The second kappa shape index (κ2) is 9.33. The molecule has 0 aliphatic heterocycles. The number of nitrogen functional groups attached to an aromatic ring is 1. The van der Waals surface area contributed by atoms with Crippen LogP contribution in [-0.2, 0) is 0 Å². The highest BCUT2D eigenvalue weighted by atomic mass is 127. The fourth-order valence-electron chi connectivity index (χ4n) is 2.04. The topological polar surface area (TPSA) is 100 Å². The molecule has 0 atom stereocenters. The minimum Gasteiger partial charge on any atom is -0.487 e. The number of nitrogens with two attached hydrogens (primary N) is 1. The minimum absolute atomic E-state index is 0.332. The molecule has 0 saturated heterocycles. The molecule has 26 heavy (non-hydrogen) atoms. The number of nitriles is 1. The number of anilines is 1. The third-order valence-electron chi connectivity index (χ3n) is 3.24. The van der Waals surface area contributed by atoms with E-state index in [0.717, 1.165) is 29.8 Å². The fraction of sp³-hybridized carbons (Fsp3) is 0.118. The van der Waals surface area contributed by atoms with Crippen LogP contribution >= 0.6 is 56.5 Å². The van der Waals surface area contributed by atoms with E-state index in [0.29, 0.717) is 27.6 Å². The lowest BCUT2D eigenvalue weighted by molar-refractivity contribution is 0.0958. The van der Waals surface area contributed by atoms with E-state index in [1.807, 2.05) is 18.2 Å². The van der Waals surface area contributed by atoms with Gasteiger partial charge in [-0.05, 0) is 75.4 Å². The lowest BCUT2D eigenvalue weighted by Crippen LogP contribution is -2.17. The Balaban J connectivity index is 2.12. The number of hydrogen-bond acceptors (Lipinski definition) is 6. The van der Waals surface area contributed by atoms with Crippen molar-refractivity contribution in [2.24, 2.45) is 5.10 Å².